The first-order valence-electron chi connectivity index (χ1n) is 8.57. The van der Waals surface area contributed by atoms with Crippen molar-refractivity contribution in [3.05, 3.63) is 81.0 Å². The Hall–Kier alpha value is -2.86. The van der Waals surface area contributed by atoms with E-state index >= 15 is 0 Å². The molecule has 3 rings (SSSR count). The van der Waals surface area contributed by atoms with E-state index < -0.39 is 0 Å². The molecule has 1 unspecified atom stereocenters. The lowest BCUT2D eigenvalue weighted by Crippen LogP contribution is -2.14. The third-order valence-corrected chi connectivity index (χ3v) is 4.59. The number of ketones is 1. The number of rotatable bonds is 8. The van der Waals surface area contributed by atoms with Gasteiger partial charge in [-0.2, -0.15) is 5.10 Å². The largest absolute Gasteiger partial charge is 0.497 e. The molecule has 0 aliphatic carbocycles. The number of aromatic nitrogens is 3. The van der Waals surface area contributed by atoms with Gasteiger partial charge in [-0.1, -0.05) is 35.9 Å². The maximum Gasteiger partial charge on any atom is 0.340 e. The van der Waals surface area contributed by atoms with Gasteiger partial charge in [0, 0.05) is 23.8 Å². The highest BCUT2D eigenvalue weighted by atomic mass is 35.5. The van der Waals surface area contributed by atoms with Crippen LogP contribution >= 0.6 is 11.6 Å². The molecule has 1 atom stereocenters. The normalized spacial score (nSPS) is 11.9. The van der Waals surface area contributed by atoms with Crippen molar-refractivity contribution in [2.24, 2.45) is 0 Å². The van der Waals surface area contributed by atoms with E-state index in [9.17, 15) is 9.59 Å². The highest BCUT2D eigenvalue weighted by Gasteiger charge is 2.20. The molecule has 0 aliphatic heterocycles. The second-order valence-corrected chi connectivity index (χ2v) is 6.79. The lowest BCUT2D eigenvalue weighted by Gasteiger charge is -2.14. The number of hydrogen-bond acceptors (Lipinski definition) is 4. The predicted octanol–water partition coefficient (Wildman–Crippen LogP) is 3.29. The molecule has 6 nitrogen and oxygen atoms in total. The van der Waals surface area contributed by atoms with Crippen LogP contribution in [0, 0.1) is 0 Å². The Kier molecular flexibility index (Phi) is 6.08. The Labute approximate surface area is 161 Å². The van der Waals surface area contributed by atoms with Crippen molar-refractivity contribution >= 4 is 17.4 Å². The summed E-state index contributed by atoms with van der Waals surface area (Å²) in [4.78, 5) is 26.7. The van der Waals surface area contributed by atoms with E-state index in [0.29, 0.717) is 23.7 Å². The summed E-state index contributed by atoms with van der Waals surface area (Å²) in [5, 5.41) is 7.04. The van der Waals surface area contributed by atoms with Crippen LogP contribution in [0.3, 0.4) is 0 Å². The quantitative estimate of drug-likeness (QED) is 0.622. The zero-order valence-electron chi connectivity index (χ0n) is 14.9. The van der Waals surface area contributed by atoms with Crippen molar-refractivity contribution in [3.8, 4) is 5.75 Å². The Balaban J connectivity index is 1.74. The summed E-state index contributed by atoms with van der Waals surface area (Å²) in [5.41, 5.74) is 1.56. The standard InChI is InChI=1S/C20H20ClN3O3/c1-27-18-8-4-13(5-9-18)10-15(19-22-20(26)24-23-19)12-17(25)11-14-2-6-16(21)7-3-14/h2-9,15H,10-12H2,1H3,(H2,22,23,24,26). The third kappa shape index (κ3) is 5.31. The van der Waals surface area contributed by atoms with Gasteiger partial charge in [0.1, 0.15) is 17.4 Å². The van der Waals surface area contributed by atoms with Crippen LogP contribution in [0.2, 0.25) is 5.02 Å². The molecule has 0 saturated carbocycles. The average Bonchev–Trinajstić information content (AvgIpc) is 3.10. The van der Waals surface area contributed by atoms with E-state index in [1.165, 1.54) is 0 Å². The van der Waals surface area contributed by atoms with Crippen LogP contribution in [-0.2, 0) is 17.6 Å². The van der Waals surface area contributed by atoms with Gasteiger partial charge >= 0.3 is 5.69 Å². The minimum absolute atomic E-state index is 0.0692. The van der Waals surface area contributed by atoms with Crippen molar-refractivity contribution < 1.29 is 9.53 Å². The van der Waals surface area contributed by atoms with Crippen molar-refractivity contribution in [3.63, 3.8) is 0 Å². The Morgan fingerprint density at radius 3 is 2.37 bits per heavy atom. The molecule has 140 valence electrons. The van der Waals surface area contributed by atoms with Crippen LogP contribution < -0.4 is 10.4 Å². The Morgan fingerprint density at radius 2 is 1.78 bits per heavy atom. The fourth-order valence-corrected chi connectivity index (χ4v) is 3.09. The molecule has 0 radical (unpaired) electrons. The van der Waals surface area contributed by atoms with Gasteiger partial charge in [-0.3, -0.25) is 9.78 Å². The van der Waals surface area contributed by atoms with Crippen molar-refractivity contribution in [1.82, 2.24) is 15.2 Å². The number of hydrogen-bond donors (Lipinski definition) is 2. The predicted molar refractivity (Wildman–Crippen MR) is 103 cm³/mol. The minimum Gasteiger partial charge on any atom is -0.497 e. The summed E-state index contributed by atoms with van der Waals surface area (Å²) < 4.78 is 5.17. The SMILES string of the molecule is COc1ccc(CC(CC(=O)Cc2ccc(Cl)cc2)c2n[nH]c(=O)[nH]2)cc1. The number of carbonyl (C=O) groups excluding carboxylic acids is 1. The molecule has 7 heteroatoms. The molecule has 27 heavy (non-hydrogen) atoms. The molecule has 2 N–H and O–H groups in total. The molecule has 0 amide bonds. The van der Waals surface area contributed by atoms with E-state index in [1.807, 2.05) is 36.4 Å². The molecule has 3 aromatic rings. The summed E-state index contributed by atoms with van der Waals surface area (Å²) >= 11 is 5.89. The van der Waals surface area contributed by atoms with E-state index in [1.54, 1.807) is 19.2 Å². The first-order valence-corrected chi connectivity index (χ1v) is 8.95. The number of Topliss-reactive ketones (excluding diaryl/α,β-unsaturated/α-hetero) is 1. The number of H-pyrrole nitrogens is 2. The summed E-state index contributed by atoms with van der Waals surface area (Å²) in [5.74, 6) is 1.10. The third-order valence-electron chi connectivity index (χ3n) is 4.34. The number of aromatic amines is 2. The van der Waals surface area contributed by atoms with Gasteiger partial charge in [0.15, 0.2) is 0 Å². The number of halogens is 1. The Bertz CT molecular complexity index is 946. The van der Waals surface area contributed by atoms with Crippen LogP contribution in [0.25, 0.3) is 0 Å². The summed E-state index contributed by atoms with van der Waals surface area (Å²) in [6.45, 7) is 0. The number of nitrogens with one attached hydrogen (secondary N) is 2. The van der Waals surface area contributed by atoms with Gasteiger partial charge in [0.25, 0.3) is 0 Å². The molecule has 0 fully saturated rings. The van der Waals surface area contributed by atoms with Gasteiger partial charge in [-0.05, 0) is 41.8 Å². The molecule has 0 spiro atoms. The number of benzene rings is 2. The van der Waals surface area contributed by atoms with E-state index in [4.69, 9.17) is 16.3 Å². The zero-order chi connectivity index (χ0) is 19.2. The molecular weight excluding hydrogens is 366 g/mol. The number of methoxy groups -OCH3 is 1. The molecule has 0 saturated heterocycles. The van der Waals surface area contributed by atoms with Crippen molar-refractivity contribution in [1.29, 1.82) is 0 Å². The maximum atomic E-state index is 12.6. The van der Waals surface area contributed by atoms with Crippen LogP contribution in [0.4, 0.5) is 0 Å². The van der Waals surface area contributed by atoms with Crippen LogP contribution in [-0.4, -0.2) is 28.1 Å². The number of carbonyl (C=O) groups is 1. The second kappa shape index (κ2) is 8.68. The zero-order valence-corrected chi connectivity index (χ0v) is 15.6. The topological polar surface area (TPSA) is 87.8 Å². The Morgan fingerprint density at radius 1 is 1.11 bits per heavy atom. The molecule has 0 aliphatic rings. The lowest BCUT2D eigenvalue weighted by atomic mass is 9.91. The summed E-state index contributed by atoms with van der Waals surface area (Å²) in [6.07, 6.45) is 1.16. The van der Waals surface area contributed by atoms with Crippen LogP contribution in [0.15, 0.2) is 53.3 Å². The molecule has 1 aromatic heterocycles. The first kappa shape index (κ1) is 18.9. The monoisotopic (exact) mass is 385 g/mol. The van der Waals surface area contributed by atoms with Crippen LogP contribution in [0.1, 0.15) is 29.3 Å². The van der Waals surface area contributed by atoms with Crippen molar-refractivity contribution in [2.75, 3.05) is 7.11 Å². The number of nitrogens with zero attached hydrogens (tertiary/aromatic N) is 1. The molecule has 0 bridgehead atoms. The van der Waals surface area contributed by atoms with Gasteiger partial charge in [0.05, 0.1) is 7.11 Å². The molecule has 2 aromatic carbocycles. The van der Waals surface area contributed by atoms with Crippen LogP contribution in [0.5, 0.6) is 5.75 Å². The van der Waals surface area contributed by atoms with Gasteiger partial charge in [0.2, 0.25) is 0 Å². The average molecular weight is 386 g/mol. The minimum atomic E-state index is -0.380. The summed E-state index contributed by atoms with van der Waals surface area (Å²) in [6, 6.07) is 14.9. The smallest absolute Gasteiger partial charge is 0.340 e. The van der Waals surface area contributed by atoms with E-state index in [-0.39, 0.29) is 23.8 Å². The first-order chi connectivity index (χ1) is 13.0. The fraction of sp³-hybridized carbons (Fsp3) is 0.250. The maximum absolute atomic E-state index is 12.6. The highest BCUT2D eigenvalue weighted by Crippen LogP contribution is 2.23. The van der Waals surface area contributed by atoms with E-state index in [0.717, 1.165) is 16.9 Å². The lowest BCUT2D eigenvalue weighted by molar-refractivity contribution is -0.118. The fourth-order valence-electron chi connectivity index (χ4n) is 2.97. The van der Waals surface area contributed by atoms with Gasteiger partial charge in [-0.15, -0.1) is 0 Å². The molecular formula is C20H20ClN3O3. The second-order valence-electron chi connectivity index (χ2n) is 6.36. The molecule has 1 heterocycles. The summed E-state index contributed by atoms with van der Waals surface area (Å²) in [7, 11) is 1.61. The highest BCUT2D eigenvalue weighted by molar-refractivity contribution is 6.30. The van der Waals surface area contributed by atoms with Gasteiger partial charge in [-0.25, -0.2) is 9.89 Å². The van der Waals surface area contributed by atoms with E-state index in [2.05, 4.69) is 15.2 Å². The van der Waals surface area contributed by atoms with Crippen molar-refractivity contribution in [2.45, 2.75) is 25.2 Å². The van der Waals surface area contributed by atoms with Gasteiger partial charge < -0.3 is 4.74 Å². The number of ether oxygens (including phenoxy) is 1.